The molecule has 4 rings (SSSR count). The topological polar surface area (TPSA) is 90.5 Å². The Hall–Kier alpha value is -2.57. The molecule has 162 valence electrons. The number of benzene rings is 1. The number of hydrogen-bond donors (Lipinski definition) is 3. The van der Waals surface area contributed by atoms with E-state index in [0.29, 0.717) is 37.4 Å². The molecule has 1 aromatic rings. The first-order chi connectivity index (χ1) is 14.5. The second-order valence-electron chi connectivity index (χ2n) is 8.97. The number of carbonyl (C=O) groups is 3. The highest BCUT2D eigenvalue weighted by atomic mass is 16.2. The number of fused-ring (bicyclic) bond motifs is 1. The van der Waals surface area contributed by atoms with E-state index >= 15 is 0 Å². The van der Waals surface area contributed by atoms with Crippen molar-refractivity contribution in [3.63, 3.8) is 0 Å². The summed E-state index contributed by atoms with van der Waals surface area (Å²) in [5.74, 6) is 0.307. The van der Waals surface area contributed by atoms with Crippen LogP contribution in [0.4, 0.5) is 5.69 Å². The summed E-state index contributed by atoms with van der Waals surface area (Å²) in [5.41, 5.74) is 0.750. The van der Waals surface area contributed by atoms with Crippen LogP contribution in [0, 0.1) is 5.92 Å². The number of anilines is 1. The van der Waals surface area contributed by atoms with Gasteiger partial charge in [0.15, 0.2) is 0 Å². The van der Waals surface area contributed by atoms with Crippen molar-refractivity contribution in [3.8, 4) is 0 Å². The standard InChI is InChI=1S/C23H32N4O3/c1-16(21(29)24-15-17-7-3-2-4-8-17)27-14-13-23(12-11-20(27)28)25-19-10-6-5-9-18(19)22(30)26-23/h5-6,9-10,16-17,25H,2-4,7-8,11-15H2,1H3,(H,24,29)(H,26,30)/t16-,23+/m1/s1. The minimum Gasteiger partial charge on any atom is -0.362 e. The van der Waals surface area contributed by atoms with Gasteiger partial charge in [-0.05, 0) is 44.2 Å². The van der Waals surface area contributed by atoms with Crippen LogP contribution >= 0.6 is 0 Å². The van der Waals surface area contributed by atoms with Crippen molar-refractivity contribution in [3.05, 3.63) is 29.8 Å². The van der Waals surface area contributed by atoms with Crippen LogP contribution in [0.25, 0.3) is 0 Å². The average molecular weight is 413 g/mol. The number of para-hydroxylation sites is 1. The van der Waals surface area contributed by atoms with E-state index in [4.69, 9.17) is 0 Å². The minimum absolute atomic E-state index is 0.0397. The molecule has 1 aromatic carbocycles. The van der Waals surface area contributed by atoms with Gasteiger partial charge in [-0.3, -0.25) is 14.4 Å². The van der Waals surface area contributed by atoms with Crippen LogP contribution in [0.5, 0.6) is 0 Å². The molecule has 2 heterocycles. The van der Waals surface area contributed by atoms with Gasteiger partial charge in [0, 0.05) is 31.6 Å². The van der Waals surface area contributed by atoms with Crippen molar-refractivity contribution in [2.75, 3.05) is 18.4 Å². The Bertz CT molecular complexity index is 820. The Morgan fingerprint density at radius 2 is 1.93 bits per heavy atom. The Morgan fingerprint density at radius 3 is 2.73 bits per heavy atom. The van der Waals surface area contributed by atoms with E-state index in [0.717, 1.165) is 5.69 Å². The Labute approximate surface area is 178 Å². The second kappa shape index (κ2) is 8.66. The van der Waals surface area contributed by atoms with E-state index in [1.165, 1.54) is 32.1 Å². The van der Waals surface area contributed by atoms with Gasteiger partial charge in [0.2, 0.25) is 11.8 Å². The van der Waals surface area contributed by atoms with Crippen LogP contribution in [0.3, 0.4) is 0 Å². The van der Waals surface area contributed by atoms with Crippen LogP contribution in [-0.4, -0.2) is 47.4 Å². The molecule has 1 saturated heterocycles. The molecule has 1 spiro atoms. The fourth-order valence-corrected chi connectivity index (χ4v) is 4.97. The van der Waals surface area contributed by atoms with Crippen LogP contribution in [-0.2, 0) is 9.59 Å². The van der Waals surface area contributed by atoms with Crippen molar-refractivity contribution in [1.29, 1.82) is 0 Å². The molecular formula is C23H32N4O3. The molecule has 3 aliphatic rings. The lowest BCUT2D eigenvalue weighted by atomic mass is 9.89. The molecule has 1 saturated carbocycles. The summed E-state index contributed by atoms with van der Waals surface area (Å²) in [6.07, 6.45) is 7.46. The number of carbonyl (C=O) groups excluding carboxylic acids is 3. The molecule has 7 heteroatoms. The third kappa shape index (κ3) is 4.30. The predicted octanol–water partition coefficient (Wildman–Crippen LogP) is 2.64. The van der Waals surface area contributed by atoms with E-state index in [-0.39, 0.29) is 24.1 Å². The fraction of sp³-hybridized carbons (Fsp3) is 0.609. The van der Waals surface area contributed by atoms with Gasteiger partial charge in [0.05, 0.1) is 5.56 Å². The highest BCUT2D eigenvalue weighted by Crippen LogP contribution is 2.32. The lowest BCUT2D eigenvalue weighted by molar-refractivity contribution is -0.139. The molecule has 0 bridgehead atoms. The third-order valence-electron chi connectivity index (χ3n) is 6.90. The molecule has 0 unspecified atom stereocenters. The van der Waals surface area contributed by atoms with Crippen LogP contribution in [0.15, 0.2) is 24.3 Å². The molecule has 0 radical (unpaired) electrons. The molecule has 2 aliphatic heterocycles. The number of rotatable bonds is 4. The maximum atomic E-state index is 12.8. The summed E-state index contributed by atoms with van der Waals surface area (Å²) in [7, 11) is 0. The van der Waals surface area contributed by atoms with Crippen LogP contribution in [0.1, 0.15) is 68.6 Å². The predicted molar refractivity (Wildman–Crippen MR) is 115 cm³/mol. The Morgan fingerprint density at radius 1 is 1.17 bits per heavy atom. The highest BCUT2D eigenvalue weighted by Gasteiger charge is 2.41. The van der Waals surface area contributed by atoms with Crippen molar-refractivity contribution in [2.45, 2.75) is 70.0 Å². The van der Waals surface area contributed by atoms with E-state index in [9.17, 15) is 14.4 Å². The normalized spacial score (nSPS) is 25.7. The quantitative estimate of drug-likeness (QED) is 0.709. The monoisotopic (exact) mass is 412 g/mol. The van der Waals surface area contributed by atoms with Gasteiger partial charge in [-0.15, -0.1) is 0 Å². The molecule has 1 aliphatic carbocycles. The molecule has 3 amide bonds. The minimum atomic E-state index is -0.659. The highest BCUT2D eigenvalue weighted by molar-refractivity contribution is 6.02. The molecule has 30 heavy (non-hydrogen) atoms. The van der Waals surface area contributed by atoms with Gasteiger partial charge in [-0.1, -0.05) is 31.4 Å². The Balaban J connectivity index is 1.39. The molecule has 2 atom stereocenters. The molecule has 2 fully saturated rings. The number of nitrogens with one attached hydrogen (secondary N) is 3. The van der Waals surface area contributed by atoms with E-state index < -0.39 is 11.7 Å². The van der Waals surface area contributed by atoms with E-state index in [2.05, 4.69) is 16.0 Å². The molecule has 7 nitrogen and oxygen atoms in total. The summed E-state index contributed by atoms with van der Waals surface area (Å²) in [6.45, 7) is 2.92. The Kier molecular flexibility index (Phi) is 5.97. The van der Waals surface area contributed by atoms with E-state index in [1.54, 1.807) is 17.9 Å². The summed E-state index contributed by atoms with van der Waals surface area (Å²) in [4.78, 5) is 39.8. The van der Waals surface area contributed by atoms with Crippen LogP contribution in [0.2, 0.25) is 0 Å². The number of hydrogen-bond acceptors (Lipinski definition) is 4. The van der Waals surface area contributed by atoms with Crippen LogP contribution < -0.4 is 16.0 Å². The summed E-state index contributed by atoms with van der Waals surface area (Å²) >= 11 is 0. The first kappa shape index (κ1) is 20.7. The number of nitrogens with zero attached hydrogens (tertiary/aromatic N) is 1. The summed E-state index contributed by atoms with van der Waals surface area (Å²) in [5, 5.41) is 9.59. The second-order valence-corrected chi connectivity index (χ2v) is 8.97. The van der Waals surface area contributed by atoms with Crippen molar-refractivity contribution >= 4 is 23.4 Å². The van der Waals surface area contributed by atoms with Gasteiger partial charge >= 0.3 is 0 Å². The fourth-order valence-electron chi connectivity index (χ4n) is 4.97. The first-order valence-electron chi connectivity index (χ1n) is 11.2. The maximum absolute atomic E-state index is 12.8. The smallest absolute Gasteiger partial charge is 0.255 e. The van der Waals surface area contributed by atoms with Crippen molar-refractivity contribution in [1.82, 2.24) is 15.5 Å². The van der Waals surface area contributed by atoms with Crippen molar-refractivity contribution < 1.29 is 14.4 Å². The molecule has 0 aromatic heterocycles. The largest absolute Gasteiger partial charge is 0.362 e. The van der Waals surface area contributed by atoms with Gasteiger partial charge in [0.1, 0.15) is 11.7 Å². The van der Waals surface area contributed by atoms with Gasteiger partial charge in [-0.25, -0.2) is 0 Å². The van der Waals surface area contributed by atoms with Gasteiger partial charge < -0.3 is 20.9 Å². The lowest BCUT2D eigenvalue weighted by Gasteiger charge is -2.40. The zero-order valence-corrected chi connectivity index (χ0v) is 17.7. The maximum Gasteiger partial charge on any atom is 0.255 e. The SMILES string of the molecule is C[C@H](C(=O)NCC1CCCCC1)N1CC[C@]2(CCC1=O)NC(=O)c1ccccc1N2. The van der Waals surface area contributed by atoms with Gasteiger partial charge in [0.25, 0.3) is 5.91 Å². The van der Waals surface area contributed by atoms with Crippen molar-refractivity contribution in [2.24, 2.45) is 5.92 Å². The first-order valence-corrected chi connectivity index (χ1v) is 11.2. The zero-order valence-electron chi connectivity index (χ0n) is 17.7. The number of amides is 3. The third-order valence-corrected chi connectivity index (χ3v) is 6.90. The summed E-state index contributed by atoms with van der Waals surface area (Å²) in [6, 6.07) is 6.90. The number of likely N-dealkylation sites (tertiary alicyclic amines) is 1. The zero-order chi connectivity index (χ0) is 21.1. The molecule has 3 N–H and O–H groups in total. The lowest BCUT2D eigenvalue weighted by Crippen LogP contribution is -2.58. The average Bonchev–Trinajstić information content (AvgIpc) is 2.91. The van der Waals surface area contributed by atoms with E-state index in [1.807, 2.05) is 18.2 Å². The van der Waals surface area contributed by atoms with Gasteiger partial charge in [-0.2, -0.15) is 0 Å². The summed E-state index contributed by atoms with van der Waals surface area (Å²) < 4.78 is 0. The molecular weight excluding hydrogens is 380 g/mol.